The number of fused-ring (bicyclic) bond motifs is 1. The Labute approximate surface area is 95.5 Å². The van der Waals surface area contributed by atoms with E-state index >= 15 is 0 Å². The van der Waals surface area contributed by atoms with Crippen LogP contribution in [0, 0.1) is 11.3 Å². The Bertz CT molecular complexity index is 520. The molecule has 0 aliphatic heterocycles. The summed E-state index contributed by atoms with van der Waals surface area (Å²) in [6, 6.07) is 16.6. The van der Waals surface area contributed by atoms with E-state index in [9.17, 15) is 0 Å². The van der Waals surface area contributed by atoms with Crippen LogP contribution in [0.2, 0.25) is 0 Å². The van der Waals surface area contributed by atoms with Crippen LogP contribution in [0.3, 0.4) is 0 Å². The van der Waals surface area contributed by atoms with Gasteiger partial charge < -0.3 is 5.32 Å². The molecule has 0 saturated heterocycles. The lowest BCUT2D eigenvalue weighted by Crippen LogP contribution is -2.25. The van der Waals surface area contributed by atoms with Crippen molar-refractivity contribution in [3.05, 3.63) is 48.0 Å². The minimum atomic E-state index is -0.120. The van der Waals surface area contributed by atoms with Gasteiger partial charge in [-0.2, -0.15) is 5.26 Å². The summed E-state index contributed by atoms with van der Waals surface area (Å²) >= 11 is 0. The molecule has 80 valence electrons. The summed E-state index contributed by atoms with van der Waals surface area (Å²) in [6.07, 6.45) is 0.744. The Balaban J connectivity index is 2.41. The molecule has 0 heterocycles. The minimum Gasteiger partial charge on any atom is -0.305 e. The molecule has 2 nitrogen and oxygen atoms in total. The highest BCUT2D eigenvalue weighted by atomic mass is 14.9. The van der Waals surface area contributed by atoms with E-state index in [0.29, 0.717) is 0 Å². The van der Waals surface area contributed by atoms with Crippen LogP contribution in [-0.4, -0.2) is 13.1 Å². The Hall–Kier alpha value is -1.85. The van der Waals surface area contributed by atoms with Crippen molar-refractivity contribution in [2.24, 2.45) is 0 Å². The molecule has 0 bridgehead atoms. The summed E-state index contributed by atoms with van der Waals surface area (Å²) in [6.45, 7) is 0. The molecule has 0 aliphatic rings. The molecule has 1 unspecified atom stereocenters. The highest BCUT2D eigenvalue weighted by Gasteiger charge is 2.07. The molecule has 2 heteroatoms. The highest BCUT2D eigenvalue weighted by Crippen LogP contribution is 2.19. The molecule has 0 spiro atoms. The Morgan fingerprint density at radius 1 is 1.19 bits per heavy atom. The van der Waals surface area contributed by atoms with Gasteiger partial charge in [0.15, 0.2) is 0 Å². The van der Waals surface area contributed by atoms with E-state index in [1.807, 2.05) is 25.2 Å². The lowest BCUT2D eigenvalue weighted by atomic mass is 9.99. The van der Waals surface area contributed by atoms with Gasteiger partial charge in [-0.05, 0) is 23.4 Å². The second kappa shape index (κ2) is 4.78. The molecule has 1 N–H and O–H groups in total. The van der Waals surface area contributed by atoms with E-state index in [0.717, 1.165) is 6.42 Å². The monoisotopic (exact) mass is 210 g/mol. The summed E-state index contributed by atoms with van der Waals surface area (Å²) in [5, 5.41) is 14.4. The third-order valence-electron chi connectivity index (χ3n) is 2.81. The van der Waals surface area contributed by atoms with Crippen LogP contribution in [0.15, 0.2) is 42.5 Å². The van der Waals surface area contributed by atoms with Crippen molar-refractivity contribution in [3.8, 4) is 6.07 Å². The molecule has 2 aromatic carbocycles. The van der Waals surface area contributed by atoms with Crippen molar-refractivity contribution >= 4 is 10.8 Å². The maximum absolute atomic E-state index is 8.95. The first kappa shape index (κ1) is 10.7. The third kappa shape index (κ3) is 2.05. The smallest absolute Gasteiger partial charge is 0.0991 e. The lowest BCUT2D eigenvalue weighted by molar-refractivity contribution is 0.678. The summed E-state index contributed by atoms with van der Waals surface area (Å²) in [7, 11) is 1.82. The van der Waals surface area contributed by atoms with Gasteiger partial charge >= 0.3 is 0 Å². The van der Waals surface area contributed by atoms with Crippen molar-refractivity contribution in [1.82, 2.24) is 5.32 Å². The van der Waals surface area contributed by atoms with Gasteiger partial charge in [-0.15, -0.1) is 0 Å². The van der Waals surface area contributed by atoms with Gasteiger partial charge in [0.25, 0.3) is 0 Å². The fraction of sp³-hybridized carbons (Fsp3) is 0.214. The van der Waals surface area contributed by atoms with E-state index in [4.69, 9.17) is 5.26 Å². The predicted molar refractivity (Wildman–Crippen MR) is 66.1 cm³/mol. The van der Waals surface area contributed by atoms with Gasteiger partial charge in [-0.3, -0.25) is 0 Å². The maximum atomic E-state index is 8.95. The number of nitrogens with zero attached hydrogens (tertiary/aromatic N) is 1. The highest BCUT2D eigenvalue weighted by molar-refractivity contribution is 5.85. The van der Waals surface area contributed by atoms with Gasteiger partial charge in [0, 0.05) is 6.42 Å². The van der Waals surface area contributed by atoms with E-state index < -0.39 is 0 Å². The first-order valence-corrected chi connectivity index (χ1v) is 5.38. The zero-order valence-corrected chi connectivity index (χ0v) is 9.27. The van der Waals surface area contributed by atoms with E-state index in [2.05, 4.69) is 35.7 Å². The maximum Gasteiger partial charge on any atom is 0.0991 e. The topological polar surface area (TPSA) is 35.8 Å². The summed E-state index contributed by atoms with van der Waals surface area (Å²) in [5.74, 6) is 0. The molecular weight excluding hydrogens is 196 g/mol. The first-order valence-electron chi connectivity index (χ1n) is 5.38. The Morgan fingerprint density at radius 2 is 1.94 bits per heavy atom. The van der Waals surface area contributed by atoms with Gasteiger partial charge in [0.05, 0.1) is 12.1 Å². The number of hydrogen-bond donors (Lipinski definition) is 1. The lowest BCUT2D eigenvalue weighted by Gasteiger charge is -2.10. The summed E-state index contributed by atoms with van der Waals surface area (Å²) in [4.78, 5) is 0. The van der Waals surface area contributed by atoms with Crippen LogP contribution >= 0.6 is 0 Å². The van der Waals surface area contributed by atoms with Crippen LogP contribution in [0.5, 0.6) is 0 Å². The largest absolute Gasteiger partial charge is 0.305 e. The SMILES string of the molecule is CNC(C#N)Cc1cccc2ccccc12. The molecular formula is C14H14N2. The minimum absolute atomic E-state index is 0.120. The quantitative estimate of drug-likeness (QED) is 0.844. The molecule has 0 radical (unpaired) electrons. The summed E-state index contributed by atoms with van der Waals surface area (Å²) < 4.78 is 0. The van der Waals surface area contributed by atoms with Crippen molar-refractivity contribution < 1.29 is 0 Å². The fourth-order valence-corrected chi connectivity index (χ4v) is 1.90. The van der Waals surface area contributed by atoms with Crippen molar-refractivity contribution in [1.29, 1.82) is 5.26 Å². The van der Waals surface area contributed by atoms with Crippen LogP contribution < -0.4 is 5.32 Å². The van der Waals surface area contributed by atoms with Crippen LogP contribution in [0.1, 0.15) is 5.56 Å². The van der Waals surface area contributed by atoms with Gasteiger partial charge in [-0.1, -0.05) is 42.5 Å². The zero-order chi connectivity index (χ0) is 11.4. The van der Waals surface area contributed by atoms with Crippen molar-refractivity contribution in [2.45, 2.75) is 12.5 Å². The molecule has 0 aromatic heterocycles. The normalized spacial score (nSPS) is 12.2. The third-order valence-corrected chi connectivity index (χ3v) is 2.81. The van der Waals surface area contributed by atoms with Gasteiger partial charge in [0.2, 0.25) is 0 Å². The van der Waals surface area contributed by atoms with E-state index in [-0.39, 0.29) is 6.04 Å². The number of likely N-dealkylation sites (N-methyl/N-ethyl adjacent to an activating group) is 1. The number of nitrogens with one attached hydrogen (secondary N) is 1. The average Bonchev–Trinajstić information content (AvgIpc) is 2.36. The van der Waals surface area contributed by atoms with Crippen molar-refractivity contribution in [2.75, 3.05) is 7.05 Å². The van der Waals surface area contributed by atoms with E-state index in [1.165, 1.54) is 16.3 Å². The second-order valence-corrected chi connectivity index (χ2v) is 3.81. The number of hydrogen-bond acceptors (Lipinski definition) is 2. The van der Waals surface area contributed by atoms with Gasteiger partial charge in [0.1, 0.15) is 0 Å². The first-order chi connectivity index (χ1) is 7.85. The van der Waals surface area contributed by atoms with Crippen LogP contribution in [-0.2, 0) is 6.42 Å². The second-order valence-electron chi connectivity index (χ2n) is 3.81. The number of nitriles is 1. The molecule has 0 fully saturated rings. The number of rotatable bonds is 3. The molecule has 2 aromatic rings. The molecule has 0 saturated carbocycles. The summed E-state index contributed by atoms with van der Waals surface area (Å²) in [5.41, 5.74) is 1.22. The van der Waals surface area contributed by atoms with Crippen LogP contribution in [0.4, 0.5) is 0 Å². The fourth-order valence-electron chi connectivity index (χ4n) is 1.90. The van der Waals surface area contributed by atoms with Crippen LogP contribution in [0.25, 0.3) is 10.8 Å². The zero-order valence-electron chi connectivity index (χ0n) is 9.27. The van der Waals surface area contributed by atoms with E-state index in [1.54, 1.807) is 0 Å². The Kier molecular flexibility index (Phi) is 3.19. The molecule has 0 amide bonds. The molecule has 1 atom stereocenters. The number of benzene rings is 2. The van der Waals surface area contributed by atoms with Gasteiger partial charge in [-0.25, -0.2) is 0 Å². The Morgan fingerprint density at radius 3 is 2.69 bits per heavy atom. The molecule has 2 rings (SSSR count). The predicted octanol–water partition coefficient (Wildman–Crippen LogP) is 2.49. The van der Waals surface area contributed by atoms with Crippen molar-refractivity contribution in [3.63, 3.8) is 0 Å². The average molecular weight is 210 g/mol. The standard InChI is InChI=1S/C14H14N2/c1-16-13(10-15)9-12-7-4-6-11-5-2-3-8-14(11)12/h2-8,13,16H,9H2,1H3. The molecule has 16 heavy (non-hydrogen) atoms. The molecule has 0 aliphatic carbocycles.